The Morgan fingerprint density at radius 1 is 1.41 bits per heavy atom. The van der Waals surface area contributed by atoms with Gasteiger partial charge < -0.3 is 9.64 Å². The lowest BCUT2D eigenvalue weighted by Crippen LogP contribution is -2.39. The molecule has 1 aliphatic rings. The van der Waals surface area contributed by atoms with Crippen LogP contribution in [0, 0.1) is 19.7 Å². The first kappa shape index (κ1) is 15.0. The van der Waals surface area contributed by atoms with Crippen LogP contribution in [0.4, 0.5) is 10.1 Å². The average Bonchev–Trinajstić information content (AvgIpc) is 2.44. The van der Waals surface area contributed by atoms with E-state index in [-0.39, 0.29) is 18.3 Å². The van der Waals surface area contributed by atoms with Crippen LogP contribution in [0.3, 0.4) is 0 Å². The molecule has 0 atom stereocenters. The van der Waals surface area contributed by atoms with Gasteiger partial charge in [-0.3, -0.25) is 9.78 Å². The second-order valence-corrected chi connectivity index (χ2v) is 6.11. The van der Waals surface area contributed by atoms with Crippen LogP contribution >= 0.6 is 15.9 Å². The average molecular weight is 365 g/mol. The summed E-state index contributed by atoms with van der Waals surface area (Å²) in [7, 11) is 0. The number of aryl methyl sites for hydroxylation is 2. The minimum Gasteiger partial charge on any atom is -0.478 e. The maximum Gasteiger partial charge on any atom is 0.265 e. The minimum atomic E-state index is -0.485. The lowest BCUT2D eigenvalue weighted by Gasteiger charge is -2.30. The maximum atomic E-state index is 14.0. The molecule has 22 heavy (non-hydrogen) atoms. The summed E-state index contributed by atoms with van der Waals surface area (Å²) >= 11 is 3.26. The quantitative estimate of drug-likeness (QED) is 0.818. The molecule has 0 spiro atoms. The fourth-order valence-corrected chi connectivity index (χ4v) is 2.95. The van der Waals surface area contributed by atoms with Crippen LogP contribution in [0.2, 0.25) is 0 Å². The number of amides is 1. The first-order chi connectivity index (χ1) is 10.5. The number of nitrogens with zero attached hydrogens (tertiary/aromatic N) is 2. The molecular formula is C16H14BrFN2O2. The zero-order chi connectivity index (χ0) is 15.9. The number of anilines is 1. The van der Waals surface area contributed by atoms with Crippen molar-refractivity contribution in [3.63, 3.8) is 0 Å². The van der Waals surface area contributed by atoms with Crippen LogP contribution in [0.25, 0.3) is 0 Å². The van der Waals surface area contributed by atoms with Crippen molar-refractivity contribution >= 4 is 27.5 Å². The van der Waals surface area contributed by atoms with E-state index in [2.05, 4.69) is 20.9 Å². The van der Waals surface area contributed by atoms with E-state index in [0.717, 1.165) is 16.8 Å². The van der Waals surface area contributed by atoms with Crippen molar-refractivity contribution in [2.75, 3.05) is 11.5 Å². The highest BCUT2D eigenvalue weighted by molar-refractivity contribution is 9.10. The molecule has 0 aliphatic carbocycles. The zero-order valence-corrected chi connectivity index (χ0v) is 13.8. The van der Waals surface area contributed by atoms with Crippen LogP contribution in [-0.4, -0.2) is 17.5 Å². The van der Waals surface area contributed by atoms with Crippen LogP contribution in [0.15, 0.2) is 28.9 Å². The molecule has 1 aromatic heterocycles. The summed E-state index contributed by atoms with van der Waals surface area (Å²) < 4.78 is 19.8. The molecule has 1 amide bonds. The van der Waals surface area contributed by atoms with E-state index < -0.39 is 5.82 Å². The van der Waals surface area contributed by atoms with Gasteiger partial charge in [-0.25, -0.2) is 4.39 Å². The highest BCUT2D eigenvalue weighted by Gasteiger charge is 2.29. The third-order valence-corrected chi connectivity index (χ3v) is 4.20. The number of rotatable bonds is 2. The Hall–Kier alpha value is -1.95. The molecule has 0 fully saturated rings. The summed E-state index contributed by atoms with van der Waals surface area (Å²) in [5.74, 6) is -0.573. The van der Waals surface area contributed by atoms with Gasteiger partial charge in [0.2, 0.25) is 0 Å². The van der Waals surface area contributed by atoms with Gasteiger partial charge in [0.1, 0.15) is 0 Å². The Morgan fingerprint density at radius 3 is 2.91 bits per heavy atom. The summed E-state index contributed by atoms with van der Waals surface area (Å²) in [6.45, 7) is 4.05. The van der Waals surface area contributed by atoms with Crippen molar-refractivity contribution in [3.8, 4) is 5.75 Å². The van der Waals surface area contributed by atoms with Crippen molar-refractivity contribution in [1.29, 1.82) is 0 Å². The summed E-state index contributed by atoms with van der Waals surface area (Å²) in [5, 5.41) is 0. The molecule has 1 aromatic carbocycles. The molecule has 0 N–H and O–H groups in total. The third-order valence-electron chi connectivity index (χ3n) is 3.74. The number of fused-ring (bicyclic) bond motifs is 1. The van der Waals surface area contributed by atoms with Gasteiger partial charge in [0.25, 0.3) is 5.91 Å². The second kappa shape index (κ2) is 5.68. The zero-order valence-electron chi connectivity index (χ0n) is 12.2. The largest absolute Gasteiger partial charge is 0.478 e. The van der Waals surface area contributed by atoms with Gasteiger partial charge in [0, 0.05) is 16.4 Å². The summed E-state index contributed by atoms with van der Waals surface area (Å²) in [4.78, 5) is 18.1. The number of pyridine rings is 1. The van der Waals surface area contributed by atoms with Crippen molar-refractivity contribution in [3.05, 3.63) is 51.5 Å². The number of halogens is 2. The van der Waals surface area contributed by atoms with Gasteiger partial charge in [0.15, 0.2) is 18.2 Å². The Morgan fingerprint density at radius 2 is 2.18 bits per heavy atom. The molecule has 1 aliphatic heterocycles. The van der Waals surface area contributed by atoms with Gasteiger partial charge in [-0.05, 0) is 43.2 Å². The first-order valence-electron chi connectivity index (χ1n) is 6.80. The van der Waals surface area contributed by atoms with E-state index >= 15 is 0 Å². The van der Waals surface area contributed by atoms with E-state index in [1.165, 1.54) is 6.07 Å². The standard InChI is InChI=1S/C16H14BrFN2O2/c1-9-3-4-19-10(2)12(9)7-20-14-6-11(17)5-13(18)16(14)22-8-15(20)21/h3-6H,7-8H2,1-2H3. The fraction of sp³-hybridized carbons (Fsp3) is 0.250. The van der Waals surface area contributed by atoms with Gasteiger partial charge in [0.05, 0.1) is 12.2 Å². The molecule has 2 heterocycles. The van der Waals surface area contributed by atoms with Gasteiger partial charge >= 0.3 is 0 Å². The molecule has 0 saturated carbocycles. The SMILES string of the molecule is Cc1ccnc(C)c1CN1C(=O)COc2c(F)cc(Br)cc21. The van der Waals surface area contributed by atoms with E-state index in [1.807, 2.05) is 19.9 Å². The molecular weight excluding hydrogens is 351 g/mol. The van der Waals surface area contributed by atoms with Gasteiger partial charge in [-0.15, -0.1) is 0 Å². The van der Waals surface area contributed by atoms with Crippen LogP contribution in [0.1, 0.15) is 16.8 Å². The Kier molecular flexibility index (Phi) is 3.87. The van der Waals surface area contributed by atoms with E-state index in [4.69, 9.17) is 4.74 Å². The summed E-state index contributed by atoms with van der Waals surface area (Å²) in [6.07, 6.45) is 1.74. The number of aromatic nitrogens is 1. The highest BCUT2D eigenvalue weighted by atomic mass is 79.9. The minimum absolute atomic E-state index is 0.113. The monoisotopic (exact) mass is 364 g/mol. The molecule has 0 unspecified atom stereocenters. The number of benzene rings is 1. The number of carbonyl (C=O) groups is 1. The second-order valence-electron chi connectivity index (χ2n) is 5.20. The van der Waals surface area contributed by atoms with Crippen LogP contribution < -0.4 is 9.64 Å². The van der Waals surface area contributed by atoms with Crippen molar-refractivity contribution in [1.82, 2.24) is 4.98 Å². The fourth-order valence-electron chi connectivity index (χ4n) is 2.53. The van der Waals surface area contributed by atoms with Gasteiger partial charge in [-0.1, -0.05) is 15.9 Å². The maximum absolute atomic E-state index is 14.0. The molecule has 0 bridgehead atoms. The predicted molar refractivity (Wildman–Crippen MR) is 84.5 cm³/mol. The normalized spacial score (nSPS) is 13.8. The predicted octanol–water partition coefficient (Wildman–Crippen LogP) is 3.53. The van der Waals surface area contributed by atoms with Gasteiger partial charge in [-0.2, -0.15) is 0 Å². The lowest BCUT2D eigenvalue weighted by molar-refractivity contribution is -0.121. The molecule has 4 nitrogen and oxygen atoms in total. The van der Waals surface area contributed by atoms with E-state index in [9.17, 15) is 9.18 Å². The highest BCUT2D eigenvalue weighted by Crippen LogP contribution is 2.38. The lowest BCUT2D eigenvalue weighted by atomic mass is 10.1. The molecule has 3 rings (SSSR count). The number of carbonyl (C=O) groups excluding carboxylic acids is 1. The number of hydrogen-bond donors (Lipinski definition) is 0. The Labute approximate surface area is 136 Å². The van der Waals surface area contributed by atoms with Crippen LogP contribution in [0.5, 0.6) is 5.75 Å². The van der Waals surface area contributed by atoms with Crippen molar-refractivity contribution < 1.29 is 13.9 Å². The van der Waals surface area contributed by atoms with Crippen molar-refractivity contribution in [2.24, 2.45) is 0 Å². The Balaban J connectivity index is 2.07. The molecule has 0 saturated heterocycles. The molecule has 2 aromatic rings. The topological polar surface area (TPSA) is 42.4 Å². The number of ether oxygens (including phenoxy) is 1. The third kappa shape index (κ3) is 2.59. The van der Waals surface area contributed by atoms with E-state index in [0.29, 0.717) is 16.7 Å². The first-order valence-corrected chi connectivity index (χ1v) is 7.60. The van der Waals surface area contributed by atoms with E-state index in [1.54, 1.807) is 17.2 Å². The molecule has 0 radical (unpaired) electrons. The summed E-state index contributed by atoms with van der Waals surface area (Å²) in [5.41, 5.74) is 3.30. The summed E-state index contributed by atoms with van der Waals surface area (Å²) in [6, 6.07) is 4.92. The Bertz CT molecular complexity index is 744. The molecule has 114 valence electrons. The van der Waals surface area contributed by atoms with Crippen LogP contribution in [-0.2, 0) is 11.3 Å². The van der Waals surface area contributed by atoms with Crippen molar-refractivity contribution in [2.45, 2.75) is 20.4 Å². The smallest absolute Gasteiger partial charge is 0.265 e. The number of hydrogen-bond acceptors (Lipinski definition) is 3. The molecule has 6 heteroatoms.